The molecule has 4 fully saturated rings. The Kier molecular flexibility index (Phi) is 2.12. The first-order chi connectivity index (χ1) is 8.75. The van der Waals surface area contributed by atoms with Crippen LogP contribution in [0.25, 0.3) is 0 Å². The lowest BCUT2D eigenvalue weighted by Crippen LogP contribution is -2.49. The van der Waals surface area contributed by atoms with Gasteiger partial charge in [-0.15, -0.1) is 0 Å². The molecule has 2 N–H and O–H groups in total. The minimum absolute atomic E-state index is 0.0581. The van der Waals surface area contributed by atoms with Crippen molar-refractivity contribution in [2.75, 3.05) is 19.7 Å². The van der Waals surface area contributed by atoms with Gasteiger partial charge < -0.3 is 20.3 Å². The highest BCUT2D eigenvalue weighted by atomic mass is 16.6. The van der Waals surface area contributed by atoms with Crippen molar-refractivity contribution in [3.05, 3.63) is 0 Å². The zero-order valence-electron chi connectivity index (χ0n) is 10.1. The van der Waals surface area contributed by atoms with Crippen LogP contribution in [-0.2, 0) is 9.53 Å². The first-order valence-corrected chi connectivity index (χ1v) is 6.72. The minimum atomic E-state index is -0.471. The highest BCUT2D eigenvalue weighted by Gasteiger charge is 2.57. The first-order valence-electron chi connectivity index (χ1n) is 6.72. The molecule has 0 aromatic rings. The standard InChI is InChI=1S/C12H17N3O3/c16-11(8-5-18-12(17)14-8)15-9-1-2-10(15)7-4-13-3-6(7)9/h6-10,13H,1-5H2,(H,14,17)/t6-,7+,8-,9-,10+/m0/s1. The van der Waals surface area contributed by atoms with E-state index < -0.39 is 12.1 Å². The van der Waals surface area contributed by atoms with Crippen LogP contribution in [0.5, 0.6) is 0 Å². The van der Waals surface area contributed by atoms with Gasteiger partial charge in [-0.25, -0.2) is 4.79 Å². The summed E-state index contributed by atoms with van der Waals surface area (Å²) >= 11 is 0. The minimum Gasteiger partial charge on any atom is -0.447 e. The Morgan fingerprint density at radius 1 is 1.22 bits per heavy atom. The Hall–Kier alpha value is -1.30. The van der Waals surface area contributed by atoms with Crippen molar-refractivity contribution in [3.8, 4) is 0 Å². The van der Waals surface area contributed by atoms with E-state index in [1.807, 2.05) is 0 Å². The zero-order chi connectivity index (χ0) is 12.3. The third-order valence-corrected chi connectivity index (χ3v) is 5.00. The zero-order valence-corrected chi connectivity index (χ0v) is 10.1. The maximum absolute atomic E-state index is 12.5. The number of ether oxygens (including phenoxy) is 1. The van der Waals surface area contributed by atoms with Crippen LogP contribution in [0.15, 0.2) is 0 Å². The summed E-state index contributed by atoms with van der Waals surface area (Å²) in [5.74, 6) is 1.29. The van der Waals surface area contributed by atoms with Crippen LogP contribution in [0.2, 0.25) is 0 Å². The molecule has 5 atom stereocenters. The van der Waals surface area contributed by atoms with Crippen LogP contribution in [0.4, 0.5) is 4.79 Å². The van der Waals surface area contributed by atoms with E-state index in [0.717, 1.165) is 25.9 Å². The molecule has 0 aromatic heterocycles. The van der Waals surface area contributed by atoms with Gasteiger partial charge in [0.15, 0.2) is 0 Å². The van der Waals surface area contributed by atoms with Gasteiger partial charge in [-0.2, -0.15) is 0 Å². The molecule has 0 aromatic carbocycles. The summed E-state index contributed by atoms with van der Waals surface area (Å²) < 4.78 is 4.82. The van der Waals surface area contributed by atoms with E-state index in [-0.39, 0.29) is 12.5 Å². The van der Waals surface area contributed by atoms with Gasteiger partial charge in [0, 0.05) is 25.2 Å². The summed E-state index contributed by atoms with van der Waals surface area (Å²) in [5.41, 5.74) is 0. The van der Waals surface area contributed by atoms with Crippen LogP contribution in [0, 0.1) is 11.8 Å². The first kappa shape index (κ1) is 10.6. The highest BCUT2D eigenvalue weighted by molar-refractivity contribution is 5.88. The fourth-order valence-corrected chi connectivity index (χ4v) is 4.29. The quantitative estimate of drug-likeness (QED) is 0.647. The second-order valence-corrected chi connectivity index (χ2v) is 5.74. The Bertz CT molecular complexity index is 395. The molecule has 2 bridgehead atoms. The number of nitrogens with zero attached hydrogens (tertiary/aromatic N) is 1. The molecule has 4 saturated heterocycles. The van der Waals surface area contributed by atoms with Crippen LogP contribution < -0.4 is 10.6 Å². The van der Waals surface area contributed by atoms with Crippen LogP contribution >= 0.6 is 0 Å². The smallest absolute Gasteiger partial charge is 0.407 e. The number of alkyl carbamates (subject to hydrolysis) is 1. The van der Waals surface area contributed by atoms with Crippen molar-refractivity contribution in [1.29, 1.82) is 0 Å². The lowest BCUT2D eigenvalue weighted by molar-refractivity contribution is -0.134. The summed E-state index contributed by atoms with van der Waals surface area (Å²) in [7, 11) is 0. The molecule has 6 nitrogen and oxygen atoms in total. The summed E-state index contributed by atoms with van der Waals surface area (Å²) in [5, 5.41) is 6.03. The molecule has 0 saturated carbocycles. The van der Waals surface area contributed by atoms with Crippen molar-refractivity contribution in [2.24, 2.45) is 11.8 Å². The van der Waals surface area contributed by atoms with Crippen LogP contribution in [0.1, 0.15) is 12.8 Å². The second kappa shape index (κ2) is 3.60. The van der Waals surface area contributed by atoms with Crippen molar-refractivity contribution < 1.29 is 14.3 Å². The molecule has 4 aliphatic heterocycles. The maximum Gasteiger partial charge on any atom is 0.407 e. The van der Waals surface area contributed by atoms with E-state index in [1.54, 1.807) is 0 Å². The fourth-order valence-electron chi connectivity index (χ4n) is 4.29. The van der Waals surface area contributed by atoms with Gasteiger partial charge in [0.25, 0.3) is 0 Å². The van der Waals surface area contributed by atoms with E-state index in [9.17, 15) is 9.59 Å². The molecular formula is C12H17N3O3. The summed E-state index contributed by atoms with van der Waals surface area (Å²) in [6.07, 6.45) is 1.75. The molecule has 6 heteroatoms. The summed E-state index contributed by atoms with van der Waals surface area (Å²) in [6.45, 7) is 2.24. The van der Waals surface area contributed by atoms with E-state index in [1.165, 1.54) is 0 Å². The van der Waals surface area contributed by atoms with Crippen molar-refractivity contribution in [2.45, 2.75) is 31.0 Å². The number of hydrogen-bond donors (Lipinski definition) is 2. The topological polar surface area (TPSA) is 70.7 Å². The molecule has 0 spiro atoms. The van der Waals surface area contributed by atoms with E-state index in [0.29, 0.717) is 23.9 Å². The number of fused-ring (bicyclic) bond motifs is 5. The summed E-state index contributed by atoms with van der Waals surface area (Å²) in [6, 6.07) is 0.285. The van der Waals surface area contributed by atoms with Gasteiger partial charge in [0.2, 0.25) is 5.91 Å². The average Bonchev–Trinajstić information content (AvgIpc) is 3.09. The molecule has 0 aliphatic carbocycles. The third kappa shape index (κ3) is 1.27. The monoisotopic (exact) mass is 251 g/mol. The molecule has 4 rings (SSSR count). The molecular weight excluding hydrogens is 234 g/mol. The lowest BCUT2D eigenvalue weighted by Gasteiger charge is -2.26. The summed E-state index contributed by atoms with van der Waals surface area (Å²) in [4.78, 5) is 25.6. The van der Waals surface area contributed by atoms with E-state index in [2.05, 4.69) is 15.5 Å². The normalized spacial score (nSPS) is 45.0. The number of carbonyl (C=O) groups excluding carboxylic acids is 2. The average molecular weight is 251 g/mol. The molecule has 4 heterocycles. The van der Waals surface area contributed by atoms with Gasteiger partial charge in [-0.1, -0.05) is 0 Å². The number of carbonyl (C=O) groups is 2. The van der Waals surface area contributed by atoms with Gasteiger partial charge in [0.05, 0.1) is 0 Å². The Morgan fingerprint density at radius 3 is 2.44 bits per heavy atom. The molecule has 98 valence electrons. The molecule has 0 unspecified atom stereocenters. The predicted molar refractivity (Wildman–Crippen MR) is 61.8 cm³/mol. The third-order valence-electron chi connectivity index (χ3n) is 5.00. The molecule has 4 aliphatic rings. The molecule has 18 heavy (non-hydrogen) atoms. The van der Waals surface area contributed by atoms with Crippen molar-refractivity contribution in [3.63, 3.8) is 0 Å². The SMILES string of the molecule is O=C1N[C@H](C(=O)N2[C@@H]3CC[C@H]2[C@H]2CNC[C@H]23)CO1. The van der Waals surface area contributed by atoms with Gasteiger partial charge in [-0.05, 0) is 24.7 Å². The molecule has 0 radical (unpaired) electrons. The maximum atomic E-state index is 12.5. The number of hydrogen-bond acceptors (Lipinski definition) is 4. The largest absolute Gasteiger partial charge is 0.447 e. The van der Waals surface area contributed by atoms with Crippen LogP contribution in [-0.4, -0.2) is 54.7 Å². The Morgan fingerprint density at radius 2 is 1.89 bits per heavy atom. The van der Waals surface area contributed by atoms with Gasteiger partial charge in [-0.3, -0.25) is 4.79 Å². The predicted octanol–water partition coefficient (Wildman–Crippen LogP) is -0.696. The Labute approximate surface area is 105 Å². The van der Waals surface area contributed by atoms with E-state index >= 15 is 0 Å². The number of cyclic esters (lactones) is 1. The van der Waals surface area contributed by atoms with Crippen molar-refractivity contribution >= 4 is 12.0 Å². The fraction of sp³-hybridized carbons (Fsp3) is 0.833. The molecule has 2 amide bonds. The second-order valence-electron chi connectivity index (χ2n) is 5.74. The van der Waals surface area contributed by atoms with E-state index in [4.69, 9.17) is 4.74 Å². The lowest BCUT2D eigenvalue weighted by atomic mass is 9.82. The number of amides is 2. The van der Waals surface area contributed by atoms with Gasteiger partial charge in [0.1, 0.15) is 12.6 Å². The highest BCUT2D eigenvalue weighted by Crippen LogP contribution is 2.47. The Balaban J connectivity index is 1.55. The number of nitrogens with one attached hydrogen (secondary N) is 2. The van der Waals surface area contributed by atoms with Crippen LogP contribution in [0.3, 0.4) is 0 Å². The van der Waals surface area contributed by atoms with Crippen molar-refractivity contribution in [1.82, 2.24) is 15.5 Å². The number of rotatable bonds is 1. The van der Waals surface area contributed by atoms with Gasteiger partial charge >= 0.3 is 6.09 Å².